The van der Waals surface area contributed by atoms with E-state index in [-0.39, 0.29) is 10.7 Å². The van der Waals surface area contributed by atoms with E-state index in [1.165, 1.54) is 37.4 Å². The highest BCUT2D eigenvalue weighted by molar-refractivity contribution is 7.92. The minimum atomic E-state index is -4.73. The van der Waals surface area contributed by atoms with Crippen molar-refractivity contribution in [1.82, 2.24) is 10.1 Å². The van der Waals surface area contributed by atoms with Crippen LogP contribution in [-0.2, 0) is 16.2 Å². The molecular formula is C18H14F3N3O3S. The average Bonchev–Trinajstić information content (AvgIpc) is 3.16. The van der Waals surface area contributed by atoms with E-state index in [9.17, 15) is 21.6 Å². The summed E-state index contributed by atoms with van der Waals surface area (Å²) in [5.41, 5.74) is 0.941. The second-order valence-corrected chi connectivity index (χ2v) is 7.64. The fraction of sp³-hybridized carbons (Fsp3) is 0.111. The number of para-hydroxylation sites is 1. The van der Waals surface area contributed by atoms with E-state index in [0.29, 0.717) is 11.3 Å². The summed E-state index contributed by atoms with van der Waals surface area (Å²) >= 11 is 0. The first kappa shape index (κ1) is 19.6. The molecule has 0 aliphatic heterocycles. The molecule has 6 nitrogen and oxygen atoms in total. The Balaban J connectivity index is 1.85. The lowest BCUT2D eigenvalue weighted by Gasteiger charge is -2.19. The van der Waals surface area contributed by atoms with Gasteiger partial charge in [-0.25, -0.2) is 8.42 Å². The molecule has 3 aromatic rings. The van der Waals surface area contributed by atoms with Gasteiger partial charge in [0.05, 0.1) is 10.6 Å². The molecule has 0 spiro atoms. The molecule has 28 heavy (non-hydrogen) atoms. The van der Waals surface area contributed by atoms with Gasteiger partial charge in [-0.2, -0.15) is 18.2 Å². The molecule has 1 heterocycles. The Morgan fingerprint density at radius 1 is 1.04 bits per heavy atom. The van der Waals surface area contributed by atoms with Gasteiger partial charge in [0.15, 0.2) is 5.82 Å². The quantitative estimate of drug-likeness (QED) is 0.635. The van der Waals surface area contributed by atoms with E-state index < -0.39 is 22.1 Å². The molecule has 0 amide bonds. The highest BCUT2D eigenvalue weighted by Crippen LogP contribution is 2.27. The largest absolute Gasteiger partial charge is 0.471 e. The fourth-order valence-corrected chi connectivity index (χ4v) is 3.55. The van der Waals surface area contributed by atoms with Gasteiger partial charge in [-0.3, -0.25) is 4.31 Å². The number of sulfonamides is 1. The van der Waals surface area contributed by atoms with Gasteiger partial charge in [0.1, 0.15) is 0 Å². The minimum absolute atomic E-state index is 0.0325. The smallest absolute Gasteiger partial charge is 0.329 e. The predicted octanol–water partition coefficient (Wildman–Crippen LogP) is 4.08. The van der Waals surface area contributed by atoms with E-state index in [1.807, 2.05) is 0 Å². The molecule has 3 rings (SSSR count). The monoisotopic (exact) mass is 409 g/mol. The molecule has 146 valence electrons. The second-order valence-electron chi connectivity index (χ2n) is 5.67. The molecule has 0 saturated carbocycles. The number of benzene rings is 2. The van der Waals surface area contributed by atoms with Crippen molar-refractivity contribution in [2.24, 2.45) is 0 Å². The Morgan fingerprint density at radius 2 is 1.75 bits per heavy atom. The molecule has 2 aromatic carbocycles. The van der Waals surface area contributed by atoms with Gasteiger partial charge in [0.2, 0.25) is 0 Å². The third-order valence-corrected chi connectivity index (χ3v) is 5.53. The van der Waals surface area contributed by atoms with E-state index in [1.54, 1.807) is 36.4 Å². The van der Waals surface area contributed by atoms with E-state index in [2.05, 4.69) is 14.7 Å². The zero-order valence-corrected chi connectivity index (χ0v) is 15.3. The highest BCUT2D eigenvalue weighted by Gasteiger charge is 2.38. The lowest BCUT2D eigenvalue weighted by Crippen LogP contribution is -2.26. The minimum Gasteiger partial charge on any atom is -0.329 e. The van der Waals surface area contributed by atoms with Gasteiger partial charge in [-0.1, -0.05) is 41.6 Å². The number of hydrogen-bond acceptors (Lipinski definition) is 5. The lowest BCUT2D eigenvalue weighted by atomic mass is 10.2. The SMILES string of the molecule is CN(c1ccccc1)S(=O)(=O)c1cccc(/C=C/c2noc(C(F)(F)F)n2)c1. The Labute approximate surface area is 159 Å². The molecule has 0 atom stereocenters. The standard InChI is InChI=1S/C18H14F3N3O3S/c1-24(14-7-3-2-4-8-14)28(25,26)15-9-5-6-13(12-15)10-11-16-22-17(27-23-16)18(19,20)21/h2-12H,1H3/b11-10+. The number of aromatic nitrogens is 2. The van der Waals surface area contributed by atoms with Crippen LogP contribution in [0.15, 0.2) is 64.0 Å². The maximum atomic E-state index is 12.8. The average molecular weight is 409 g/mol. The molecule has 0 N–H and O–H groups in total. The van der Waals surface area contributed by atoms with Crippen molar-refractivity contribution < 1.29 is 26.1 Å². The number of anilines is 1. The van der Waals surface area contributed by atoms with E-state index in [0.717, 1.165) is 4.31 Å². The van der Waals surface area contributed by atoms with Crippen LogP contribution in [0, 0.1) is 0 Å². The van der Waals surface area contributed by atoms with Crippen LogP contribution in [0.4, 0.5) is 18.9 Å². The van der Waals surface area contributed by atoms with Crippen LogP contribution in [-0.4, -0.2) is 25.6 Å². The van der Waals surface area contributed by atoms with Crippen LogP contribution in [0.1, 0.15) is 17.3 Å². The second kappa shape index (κ2) is 7.47. The van der Waals surface area contributed by atoms with Crippen molar-refractivity contribution in [1.29, 1.82) is 0 Å². The summed E-state index contributed by atoms with van der Waals surface area (Å²) in [6.45, 7) is 0. The van der Waals surface area contributed by atoms with Gasteiger partial charge in [-0.05, 0) is 35.9 Å². The molecule has 1 aromatic heterocycles. The summed E-state index contributed by atoms with van der Waals surface area (Å²) in [7, 11) is -2.38. The molecule has 10 heteroatoms. The zero-order chi connectivity index (χ0) is 20.4. The molecule has 0 radical (unpaired) electrons. The van der Waals surface area contributed by atoms with Crippen LogP contribution in [0.3, 0.4) is 0 Å². The van der Waals surface area contributed by atoms with Gasteiger partial charge in [0, 0.05) is 7.05 Å². The molecule has 0 aliphatic rings. The zero-order valence-electron chi connectivity index (χ0n) is 14.5. The lowest BCUT2D eigenvalue weighted by molar-refractivity contribution is -0.159. The van der Waals surface area contributed by atoms with Crippen molar-refractivity contribution in [3.63, 3.8) is 0 Å². The van der Waals surface area contributed by atoms with Crippen LogP contribution >= 0.6 is 0 Å². The maximum Gasteiger partial charge on any atom is 0.471 e. The van der Waals surface area contributed by atoms with Gasteiger partial charge >= 0.3 is 12.1 Å². The van der Waals surface area contributed by atoms with Gasteiger partial charge < -0.3 is 4.52 Å². The number of rotatable bonds is 5. The maximum absolute atomic E-state index is 12.8. The van der Waals surface area contributed by atoms with Gasteiger partial charge in [0.25, 0.3) is 10.0 Å². The first-order valence-corrected chi connectivity index (χ1v) is 9.35. The summed E-state index contributed by atoms with van der Waals surface area (Å²) in [5.74, 6) is -1.73. The van der Waals surface area contributed by atoms with Crippen molar-refractivity contribution in [3.05, 3.63) is 71.9 Å². The molecular weight excluding hydrogens is 395 g/mol. The Kier molecular flexibility index (Phi) is 5.23. The normalized spacial score (nSPS) is 12.4. The van der Waals surface area contributed by atoms with Crippen molar-refractivity contribution in [2.45, 2.75) is 11.1 Å². The van der Waals surface area contributed by atoms with Crippen LogP contribution in [0.25, 0.3) is 12.2 Å². The predicted molar refractivity (Wildman–Crippen MR) is 96.7 cm³/mol. The molecule has 0 saturated heterocycles. The Bertz CT molecular complexity index is 1090. The first-order chi connectivity index (χ1) is 13.2. The summed E-state index contributed by atoms with van der Waals surface area (Å²) in [6.07, 6.45) is -2.13. The van der Waals surface area contributed by atoms with E-state index >= 15 is 0 Å². The van der Waals surface area contributed by atoms with Crippen molar-refractivity contribution >= 4 is 27.9 Å². The number of hydrogen-bond donors (Lipinski definition) is 0. The summed E-state index contributed by atoms with van der Waals surface area (Å²) in [6, 6.07) is 14.5. The fourth-order valence-electron chi connectivity index (χ4n) is 2.30. The number of halogens is 3. The Morgan fingerprint density at radius 3 is 2.39 bits per heavy atom. The highest BCUT2D eigenvalue weighted by atomic mass is 32.2. The van der Waals surface area contributed by atoms with Crippen LogP contribution < -0.4 is 4.31 Å². The summed E-state index contributed by atoms with van der Waals surface area (Å²) in [4.78, 5) is 3.25. The number of alkyl halides is 3. The third kappa shape index (κ3) is 4.22. The molecule has 0 aliphatic carbocycles. The molecule has 0 bridgehead atoms. The number of nitrogens with zero attached hydrogens (tertiary/aromatic N) is 3. The topological polar surface area (TPSA) is 76.3 Å². The van der Waals surface area contributed by atoms with Crippen LogP contribution in [0.5, 0.6) is 0 Å². The van der Waals surface area contributed by atoms with E-state index in [4.69, 9.17) is 0 Å². The molecule has 0 fully saturated rings. The van der Waals surface area contributed by atoms with Crippen molar-refractivity contribution in [2.75, 3.05) is 11.4 Å². The van der Waals surface area contributed by atoms with Gasteiger partial charge in [-0.15, -0.1) is 0 Å². The molecule has 0 unspecified atom stereocenters. The summed E-state index contributed by atoms with van der Waals surface area (Å²) < 4.78 is 68.3. The first-order valence-electron chi connectivity index (χ1n) is 7.91. The summed E-state index contributed by atoms with van der Waals surface area (Å²) in [5, 5.41) is 3.22. The van der Waals surface area contributed by atoms with Crippen LogP contribution in [0.2, 0.25) is 0 Å². The Hall–Kier alpha value is -3.14. The van der Waals surface area contributed by atoms with Crippen molar-refractivity contribution in [3.8, 4) is 0 Å². The third-order valence-electron chi connectivity index (χ3n) is 3.75.